The number of fused-ring (bicyclic) bond motifs is 1. The molecule has 0 unspecified atom stereocenters. The van der Waals surface area contributed by atoms with Crippen molar-refractivity contribution in [3.63, 3.8) is 0 Å². The third kappa shape index (κ3) is 4.65. The van der Waals surface area contributed by atoms with Crippen molar-refractivity contribution in [2.24, 2.45) is 0 Å². The summed E-state index contributed by atoms with van der Waals surface area (Å²) in [5.74, 6) is 1.49. The van der Waals surface area contributed by atoms with E-state index in [1.807, 2.05) is 77.4 Å². The second-order valence-corrected chi connectivity index (χ2v) is 8.65. The minimum absolute atomic E-state index is 0.0301. The Morgan fingerprint density at radius 1 is 1.03 bits per heavy atom. The van der Waals surface area contributed by atoms with Gasteiger partial charge in [-0.25, -0.2) is 4.68 Å². The van der Waals surface area contributed by atoms with E-state index in [-0.39, 0.29) is 5.91 Å². The van der Waals surface area contributed by atoms with Gasteiger partial charge in [0.1, 0.15) is 18.9 Å². The van der Waals surface area contributed by atoms with Gasteiger partial charge in [0.25, 0.3) is 0 Å². The number of hydrogen-bond donors (Lipinski definition) is 0. The molecule has 0 atom stereocenters. The van der Waals surface area contributed by atoms with E-state index in [1.54, 1.807) is 6.08 Å². The SMILES string of the molecule is CN(C(=O)/C=C/c1cn(-c2ccccc2)nc1-c1ccc2c(c1)OCCO2)C1CCCCC1. The Morgan fingerprint density at radius 2 is 1.79 bits per heavy atom. The molecule has 1 aliphatic heterocycles. The molecule has 33 heavy (non-hydrogen) atoms. The van der Waals surface area contributed by atoms with E-state index in [9.17, 15) is 4.79 Å². The van der Waals surface area contributed by atoms with Gasteiger partial charge < -0.3 is 14.4 Å². The fourth-order valence-electron chi connectivity index (χ4n) is 4.56. The predicted octanol–water partition coefficient (Wildman–Crippen LogP) is 5.11. The van der Waals surface area contributed by atoms with Crippen molar-refractivity contribution >= 4 is 12.0 Å². The van der Waals surface area contributed by atoms with E-state index in [1.165, 1.54) is 19.3 Å². The molecule has 6 nitrogen and oxygen atoms in total. The highest BCUT2D eigenvalue weighted by atomic mass is 16.6. The molecule has 2 heterocycles. The van der Waals surface area contributed by atoms with Gasteiger partial charge >= 0.3 is 0 Å². The van der Waals surface area contributed by atoms with E-state index in [4.69, 9.17) is 14.6 Å². The lowest BCUT2D eigenvalue weighted by atomic mass is 9.94. The number of carbonyl (C=O) groups is 1. The van der Waals surface area contributed by atoms with Gasteiger partial charge in [0.2, 0.25) is 5.91 Å². The number of benzene rings is 2. The van der Waals surface area contributed by atoms with Crippen LogP contribution in [0, 0.1) is 0 Å². The fourth-order valence-corrected chi connectivity index (χ4v) is 4.56. The monoisotopic (exact) mass is 443 g/mol. The first-order valence-electron chi connectivity index (χ1n) is 11.7. The highest BCUT2D eigenvalue weighted by molar-refractivity contribution is 5.93. The lowest BCUT2D eigenvalue weighted by Gasteiger charge is -2.30. The number of carbonyl (C=O) groups excluding carboxylic acids is 1. The van der Waals surface area contributed by atoms with Crippen LogP contribution >= 0.6 is 0 Å². The summed E-state index contributed by atoms with van der Waals surface area (Å²) >= 11 is 0. The zero-order valence-corrected chi connectivity index (χ0v) is 18.9. The average Bonchev–Trinajstić information content (AvgIpc) is 3.32. The Morgan fingerprint density at radius 3 is 2.58 bits per heavy atom. The molecule has 1 aromatic heterocycles. The number of likely N-dealkylation sites (N-methyl/N-ethyl adjacent to an activating group) is 1. The minimum atomic E-state index is 0.0301. The van der Waals surface area contributed by atoms with Crippen LogP contribution in [-0.2, 0) is 4.79 Å². The Hall–Kier alpha value is -3.54. The van der Waals surface area contributed by atoms with Gasteiger partial charge in [-0.2, -0.15) is 5.10 Å². The molecule has 1 aliphatic carbocycles. The quantitative estimate of drug-likeness (QED) is 0.514. The molecule has 0 bridgehead atoms. The standard InChI is InChI=1S/C27H29N3O3/c1-29(22-8-4-2-5-9-22)26(31)15-13-21-19-30(23-10-6-3-7-11-23)28-27(21)20-12-14-24-25(18-20)33-17-16-32-24/h3,6-7,10-15,18-19,22H,2,4-5,8-9,16-17H2,1H3/b15-13+. The van der Waals surface area contributed by atoms with Gasteiger partial charge in [0.05, 0.1) is 5.69 Å². The van der Waals surface area contributed by atoms with Crippen LogP contribution < -0.4 is 9.47 Å². The molecule has 2 aromatic carbocycles. The smallest absolute Gasteiger partial charge is 0.246 e. The summed E-state index contributed by atoms with van der Waals surface area (Å²) < 4.78 is 13.3. The van der Waals surface area contributed by atoms with E-state index in [2.05, 4.69) is 0 Å². The van der Waals surface area contributed by atoms with E-state index in [0.717, 1.165) is 46.8 Å². The van der Waals surface area contributed by atoms with Gasteiger partial charge in [0.15, 0.2) is 11.5 Å². The first kappa shape index (κ1) is 21.3. The maximum atomic E-state index is 12.9. The van der Waals surface area contributed by atoms with Crippen LogP contribution in [0.4, 0.5) is 0 Å². The molecule has 170 valence electrons. The van der Waals surface area contributed by atoms with Crippen LogP contribution in [-0.4, -0.2) is 46.9 Å². The molecule has 0 spiro atoms. The maximum absolute atomic E-state index is 12.9. The summed E-state index contributed by atoms with van der Waals surface area (Å²) in [6.45, 7) is 1.09. The molecule has 0 saturated heterocycles. The number of ether oxygens (including phenoxy) is 2. The van der Waals surface area contributed by atoms with Crippen LogP contribution in [0.15, 0.2) is 60.8 Å². The van der Waals surface area contributed by atoms with Gasteiger partial charge in [-0.05, 0) is 49.2 Å². The van der Waals surface area contributed by atoms with Crippen molar-refractivity contribution in [3.8, 4) is 28.4 Å². The highest BCUT2D eigenvalue weighted by Gasteiger charge is 2.21. The zero-order valence-electron chi connectivity index (χ0n) is 18.9. The summed E-state index contributed by atoms with van der Waals surface area (Å²) in [5.41, 5.74) is 3.55. The topological polar surface area (TPSA) is 56.6 Å². The molecular formula is C27H29N3O3. The van der Waals surface area contributed by atoms with Crippen molar-refractivity contribution < 1.29 is 14.3 Å². The van der Waals surface area contributed by atoms with Crippen LogP contribution in [0.2, 0.25) is 0 Å². The molecule has 3 aromatic rings. The number of amides is 1. The lowest BCUT2D eigenvalue weighted by molar-refractivity contribution is -0.127. The molecule has 5 rings (SSSR count). The van der Waals surface area contributed by atoms with E-state index < -0.39 is 0 Å². The predicted molar refractivity (Wildman–Crippen MR) is 129 cm³/mol. The third-order valence-corrected chi connectivity index (χ3v) is 6.45. The second kappa shape index (κ2) is 9.53. The van der Waals surface area contributed by atoms with Gasteiger partial charge in [-0.15, -0.1) is 0 Å². The molecule has 1 fully saturated rings. The summed E-state index contributed by atoms with van der Waals surface area (Å²) in [5, 5.41) is 4.86. The van der Waals surface area contributed by atoms with Gasteiger partial charge in [-0.1, -0.05) is 37.5 Å². The summed E-state index contributed by atoms with van der Waals surface area (Å²) in [7, 11) is 1.91. The Balaban J connectivity index is 1.47. The van der Waals surface area contributed by atoms with Crippen molar-refractivity contribution in [1.82, 2.24) is 14.7 Å². The molecule has 6 heteroatoms. The first-order valence-corrected chi connectivity index (χ1v) is 11.7. The molecule has 0 radical (unpaired) electrons. The number of nitrogens with zero attached hydrogens (tertiary/aromatic N) is 3. The number of aromatic nitrogens is 2. The molecular weight excluding hydrogens is 414 g/mol. The average molecular weight is 444 g/mol. The van der Waals surface area contributed by atoms with Crippen molar-refractivity contribution in [3.05, 3.63) is 66.4 Å². The molecule has 1 amide bonds. The summed E-state index contributed by atoms with van der Waals surface area (Å²) in [6, 6.07) is 16.2. The summed E-state index contributed by atoms with van der Waals surface area (Å²) in [4.78, 5) is 14.8. The number of hydrogen-bond acceptors (Lipinski definition) is 4. The third-order valence-electron chi connectivity index (χ3n) is 6.45. The number of rotatable bonds is 5. The molecule has 0 N–H and O–H groups in total. The van der Waals surface area contributed by atoms with Crippen LogP contribution in [0.3, 0.4) is 0 Å². The van der Waals surface area contributed by atoms with Crippen LogP contribution in [0.5, 0.6) is 11.5 Å². The molecule has 2 aliphatic rings. The highest BCUT2D eigenvalue weighted by Crippen LogP contribution is 2.35. The van der Waals surface area contributed by atoms with Crippen molar-refractivity contribution in [2.45, 2.75) is 38.1 Å². The first-order chi connectivity index (χ1) is 16.2. The molecule has 1 saturated carbocycles. The van der Waals surface area contributed by atoms with E-state index in [0.29, 0.717) is 19.3 Å². The Labute approximate surface area is 194 Å². The Bertz CT molecular complexity index is 1150. The minimum Gasteiger partial charge on any atom is -0.486 e. The van der Waals surface area contributed by atoms with Crippen molar-refractivity contribution in [1.29, 1.82) is 0 Å². The number of para-hydroxylation sites is 1. The van der Waals surface area contributed by atoms with Crippen molar-refractivity contribution in [2.75, 3.05) is 20.3 Å². The van der Waals surface area contributed by atoms with Gasteiger partial charge in [-0.3, -0.25) is 4.79 Å². The maximum Gasteiger partial charge on any atom is 0.246 e. The van der Waals surface area contributed by atoms with Crippen LogP contribution in [0.1, 0.15) is 37.7 Å². The largest absolute Gasteiger partial charge is 0.486 e. The van der Waals surface area contributed by atoms with E-state index >= 15 is 0 Å². The normalized spacial score (nSPS) is 16.2. The second-order valence-electron chi connectivity index (χ2n) is 8.65. The van der Waals surface area contributed by atoms with Crippen LogP contribution in [0.25, 0.3) is 23.0 Å². The summed E-state index contributed by atoms with van der Waals surface area (Å²) in [6.07, 6.45) is 11.4. The zero-order chi connectivity index (χ0) is 22.6. The Kier molecular flexibility index (Phi) is 6.15. The lowest BCUT2D eigenvalue weighted by Crippen LogP contribution is -2.37. The fraction of sp³-hybridized carbons (Fsp3) is 0.333. The van der Waals surface area contributed by atoms with Gasteiger partial charge in [0, 0.05) is 36.5 Å².